The van der Waals surface area contributed by atoms with Crippen LogP contribution in [-0.4, -0.2) is 60.5 Å². The molecule has 2 atom stereocenters. The van der Waals surface area contributed by atoms with Gasteiger partial charge in [-0.1, -0.05) is 18.2 Å². The zero-order valence-corrected chi connectivity index (χ0v) is 14.3. The van der Waals surface area contributed by atoms with E-state index >= 15 is 0 Å². The van der Waals surface area contributed by atoms with Gasteiger partial charge in [0.25, 0.3) is 5.91 Å². The molecule has 5 heteroatoms. The Morgan fingerprint density at radius 3 is 2.67 bits per heavy atom. The summed E-state index contributed by atoms with van der Waals surface area (Å²) in [5.41, 5.74) is 0.730. The van der Waals surface area contributed by atoms with Gasteiger partial charge in [-0.15, -0.1) is 0 Å². The smallest absolute Gasteiger partial charge is 0.253 e. The molecule has 24 heavy (non-hydrogen) atoms. The standard InChI is InChI=1S/C19H26N2O3/c1-2-24-11-10-18(22)21-13-15-8-9-17(21)14-20(12-15)19(23)16-6-4-3-5-7-16/h3-7,15,17H,2,8-14H2,1H3. The summed E-state index contributed by atoms with van der Waals surface area (Å²) < 4.78 is 5.31. The number of nitrogens with zero attached hydrogens (tertiary/aromatic N) is 2. The highest BCUT2D eigenvalue weighted by Gasteiger charge is 2.38. The summed E-state index contributed by atoms with van der Waals surface area (Å²) in [7, 11) is 0. The van der Waals surface area contributed by atoms with Crippen molar-refractivity contribution in [2.75, 3.05) is 32.8 Å². The highest BCUT2D eigenvalue weighted by atomic mass is 16.5. The normalized spacial score (nSPS) is 23.2. The molecule has 5 nitrogen and oxygen atoms in total. The summed E-state index contributed by atoms with van der Waals surface area (Å²) >= 11 is 0. The fourth-order valence-electron chi connectivity index (χ4n) is 3.76. The lowest BCUT2D eigenvalue weighted by Crippen LogP contribution is -2.48. The molecule has 0 N–H and O–H groups in total. The third-order valence-corrected chi connectivity index (χ3v) is 5.01. The van der Waals surface area contributed by atoms with Crippen molar-refractivity contribution in [2.24, 2.45) is 5.92 Å². The predicted octanol–water partition coefficient (Wildman–Crippen LogP) is 2.18. The van der Waals surface area contributed by atoms with E-state index in [-0.39, 0.29) is 17.9 Å². The SMILES string of the molecule is CCOCCC(=O)N1CC2CCC1CN(C(=O)c1ccccc1)C2. The number of carbonyl (C=O) groups is 2. The molecular weight excluding hydrogens is 304 g/mol. The fourth-order valence-corrected chi connectivity index (χ4v) is 3.76. The number of benzene rings is 1. The molecule has 3 heterocycles. The van der Waals surface area contributed by atoms with Crippen LogP contribution in [0, 0.1) is 5.92 Å². The van der Waals surface area contributed by atoms with Crippen LogP contribution in [0.2, 0.25) is 0 Å². The van der Waals surface area contributed by atoms with Crippen LogP contribution in [-0.2, 0) is 9.53 Å². The molecule has 1 aromatic rings. The molecule has 0 aromatic heterocycles. The molecule has 2 amide bonds. The van der Waals surface area contributed by atoms with Crippen LogP contribution in [0.25, 0.3) is 0 Å². The van der Waals surface area contributed by atoms with Crippen LogP contribution in [0.4, 0.5) is 0 Å². The molecule has 130 valence electrons. The number of carbonyl (C=O) groups excluding carboxylic acids is 2. The average molecular weight is 330 g/mol. The monoisotopic (exact) mass is 330 g/mol. The van der Waals surface area contributed by atoms with Crippen LogP contribution >= 0.6 is 0 Å². The molecule has 0 aliphatic carbocycles. The molecule has 3 aliphatic rings. The average Bonchev–Trinajstić information content (AvgIpc) is 2.94. The van der Waals surface area contributed by atoms with Crippen molar-refractivity contribution in [1.82, 2.24) is 9.80 Å². The van der Waals surface area contributed by atoms with Gasteiger partial charge >= 0.3 is 0 Å². The summed E-state index contributed by atoms with van der Waals surface area (Å²) in [6, 6.07) is 9.57. The van der Waals surface area contributed by atoms with Crippen LogP contribution < -0.4 is 0 Å². The second kappa shape index (κ2) is 7.79. The molecule has 3 aliphatic heterocycles. The largest absolute Gasteiger partial charge is 0.381 e. The van der Waals surface area contributed by atoms with Gasteiger partial charge in [0.05, 0.1) is 13.0 Å². The van der Waals surface area contributed by atoms with Gasteiger partial charge in [-0.05, 0) is 37.8 Å². The minimum atomic E-state index is 0.0797. The number of fused-ring (bicyclic) bond motifs is 4. The van der Waals surface area contributed by atoms with Crippen LogP contribution in [0.5, 0.6) is 0 Å². The van der Waals surface area contributed by atoms with Gasteiger partial charge in [0.15, 0.2) is 0 Å². The second-order valence-corrected chi connectivity index (χ2v) is 6.67. The van der Waals surface area contributed by atoms with Crippen LogP contribution in [0.3, 0.4) is 0 Å². The lowest BCUT2D eigenvalue weighted by molar-refractivity contribution is -0.136. The molecule has 0 spiro atoms. The predicted molar refractivity (Wildman–Crippen MR) is 91.7 cm³/mol. The van der Waals surface area contributed by atoms with E-state index < -0.39 is 0 Å². The van der Waals surface area contributed by atoms with Crippen molar-refractivity contribution in [3.05, 3.63) is 35.9 Å². The Morgan fingerprint density at radius 1 is 1.12 bits per heavy atom. The van der Waals surface area contributed by atoms with Crippen LogP contribution in [0.1, 0.15) is 36.5 Å². The zero-order valence-electron chi connectivity index (χ0n) is 14.3. The zero-order chi connectivity index (χ0) is 16.9. The highest BCUT2D eigenvalue weighted by Crippen LogP contribution is 2.29. The first-order valence-electron chi connectivity index (χ1n) is 8.90. The van der Waals surface area contributed by atoms with Crippen LogP contribution in [0.15, 0.2) is 30.3 Å². The van der Waals surface area contributed by atoms with E-state index in [0.717, 1.165) is 31.5 Å². The van der Waals surface area contributed by atoms with E-state index in [2.05, 4.69) is 0 Å². The van der Waals surface area contributed by atoms with Gasteiger partial charge in [0.2, 0.25) is 5.91 Å². The molecule has 2 unspecified atom stereocenters. The van der Waals surface area contributed by atoms with Gasteiger partial charge in [0.1, 0.15) is 0 Å². The van der Waals surface area contributed by atoms with Gasteiger partial charge in [-0.2, -0.15) is 0 Å². The Kier molecular flexibility index (Phi) is 5.51. The Balaban J connectivity index is 1.67. The summed E-state index contributed by atoms with van der Waals surface area (Å²) in [6.45, 7) is 5.22. The Bertz CT molecular complexity index is 575. The van der Waals surface area contributed by atoms with Crippen molar-refractivity contribution < 1.29 is 14.3 Å². The summed E-state index contributed by atoms with van der Waals surface area (Å²) in [5, 5.41) is 0. The first-order valence-corrected chi connectivity index (χ1v) is 8.90. The van der Waals surface area contributed by atoms with Crippen molar-refractivity contribution >= 4 is 11.8 Å². The number of amides is 2. The maximum absolute atomic E-state index is 12.8. The third-order valence-electron chi connectivity index (χ3n) is 5.01. The maximum atomic E-state index is 12.8. The lowest BCUT2D eigenvalue weighted by atomic mass is 9.95. The minimum Gasteiger partial charge on any atom is -0.381 e. The van der Waals surface area contributed by atoms with Gasteiger partial charge in [-0.3, -0.25) is 9.59 Å². The van der Waals surface area contributed by atoms with Crippen molar-refractivity contribution in [1.29, 1.82) is 0 Å². The minimum absolute atomic E-state index is 0.0797. The highest BCUT2D eigenvalue weighted by molar-refractivity contribution is 5.94. The van der Waals surface area contributed by atoms with Crippen molar-refractivity contribution in [2.45, 2.75) is 32.2 Å². The number of hydrogen-bond donors (Lipinski definition) is 0. The second-order valence-electron chi connectivity index (χ2n) is 6.67. The number of hydrogen-bond acceptors (Lipinski definition) is 3. The molecule has 1 aromatic carbocycles. The Morgan fingerprint density at radius 2 is 1.92 bits per heavy atom. The van der Waals surface area contributed by atoms with E-state index in [0.29, 0.717) is 32.1 Å². The number of rotatable bonds is 5. The lowest BCUT2D eigenvalue weighted by Gasteiger charge is -2.36. The molecule has 0 saturated carbocycles. The first kappa shape index (κ1) is 17.0. The number of ether oxygens (including phenoxy) is 1. The quantitative estimate of drug-likeness (QED) is 0.778. The Labute approximate surface area is 143 Å². The molecule has 2 bridgehead atoms. The van der Waals surface area contributed by atoms with E-state index in [4.69, 9.17) is 4.74 Å². The fraction of sp³-hybridized carbons (Fsp3) is 0.579. The number of piperidine rings is 1. The van der Waals surface area contributed by atoms with E-state index in [1.807, 2.05) is 47.1 Å². The Hall–Kier alpha value is -1.88. The molecule has 3 saturated heterocycles. The van der Waals surface area contributed by atoms with Gasteiger partial charge in [0, 0.05) is 37.8 Å². The summed E-state index contributed by atoms with van der Waals surface area (Å²) in [5.74, 6) is 0.621. The summed E-state index contributed by atoms with van der Waals surface area (Å²) in [6.07, 6.45) is 2.52. The van der Waals surface area contributed by atoms with E-state index in [9.17, 15) is 9.59 Å². The topological polar surface area (TPSA) is 49.9 Å². The van der Waals surface area contributed by atoms with Gasteiger partial charge in [-0.25, -0.2) is 0 Å². The van der Waals surface area contributed by atoms with Crippen molar-refractivity contribution in [3.8, 4) is 0 Å². The molecular formula is C19H26N2O3. The maximum Gasteiger partial charge on any atom is 0.253 e. The third kappa shape index (κ3) is 3.78. The molecule has 0 radical (unpaired) electrons. The van der Waals surface area contributed by atoms with E-state index in [1.54, 1.807) is 0 Å². The summed E-state index contributed by atoms with van der Waals surface area (Å²) in [4.78, 5) is 29.2. The van der Waals surface area contributed by atoms with E-state index in [1.165, 1.54) is 0 Å². The van der Waals surface area contributed by atoms with Gasteiger partial charge < -0.3 is 14.5 Å². The first-order chi connectivity index (χ1) is 11.7. The molecule has 4 rings (SSSR count). The molecule has 3 fully saturated rings. The van der Waals surface area contributed by atoms with Crippen molar-refractivity contribution in [3.63, 3.8) is 0 Å².